The molecule has 0 aromatic heterocycles. The molecular formula is C37H44N4. The van der Waals surface area contributed by atoms with Crippen LogP contribution >= 0.6 is 0 Å². The van der Waals surface area contributed by atoms with Gasteiger partial charge in [0.15, 0.2) is 0 Å². The first-order chi connectivity index (χ1) is 20.1. The third-order valence-corrected chi connectivity index (χ3v) is 9.24. The smallest absolute Gasteiger partial charge is 0.0402 e. The van der Waals surface area contributed by atoms with Crippen LogP contribution in [0.25, 0.3) is 33.4 Å². The second-order valence-corrected chi connectivity index (χ2v) is 12.0. The van der Waals surface area contributed by atoms with E-state index in [1.165, 1.54) is 75.1 Å². The first-order valence-corrected chi connectivity index (χ1v) is 15.4. The zero-order valence-corrected chi connectivity index (χ0v) is 24.6. The molecule has 2 aliphatic heterocycles. The molecule has 2 atom stereocenters. The maximum atomic E-state index is 6.00. The van der Waals surface area contributed by atoms with E-state index in [2.05, 4.69) is 114 Å². The van der Waals surface area contributed by atoms with Crippen molar-refractivity contribution in [3.63, 3.8) is 0 Å². The molecule has 41 heavy (non-hydrogen) atoms. The monoisotopic (exact) mass is 544 g/mol. The summed E-state index contributed by atoms with van der Waals surface area (Å²) < 4.78 is 0. The van der Waals surface area contributed by atoms with Gasteiger partial charge in [-0.15, -0.1) is 0 Å². The normalized spacial score (nSPS) is 19.0. The van der Waals surface area contributed by atoms with Gasteiger partial charge in [-0.2, -0.15) is 0 Å². The molecule has 2 fully saturated rings. The van der Waals surface area contributed by atoms with Crippen LogP contribution in [-0.4, -0.2) is 39.3 Å². The SMILES string of the molecule is Cc1c(NCC2CCCNC2)cc(-c2cccc(-c3cccc(N4CC[C@H](CN)C4)c3C)c2)cc1-c1ccccc1. The Morgan fingerprint density at radius 2 is 1.59 bits per heavy atom. The van der Waals surface area contributed by atoms with E-state index in [0.29, 0.717) is 11.8 Å². The maximum Gasteiger partial charge on any atom is 0.0402 e. The Morgan fingerprint density at radius 3 is 2.37 bits per heavy atom. The van der Waals surface area contributed by atoms with Crippen LogP contribution in [-0.2, 0) is 0 Å². The number of nitrogens with zero attached hydrogens (tertiary/aromatic N) is 1. The Kier molecular flexibility index (Phi) is 8.41. The van der Waals surface area contributed by atoms with Crippen molar-refractivity contribution >= 4 is 11.4 Å². The zero-order chi connectivity index (χ0) is 28.2. The molecule has 1 unspecified atom stereocenters. The molecule has 4 nitrogen and oxygen atoms in total. The van der Waals surface area contributed by atoms with Crippen LogP contribution in [0.15, 0.2) is 84.9 Å². The summed E-state index contributed by atoms with van der Waals surface area (Å²) in [5, 5.41) is 7.42. The lowest BCUT2D eigenvalue weighted by Gasteiger charge is -2.25. The minimum atomic E-state index is 0.596. The topological polar surface area (TPSA) is 53.3 Å². The first-order valence-electron chi connectivity index (χ1n) is 15.4. The van der Waals surface area contributed by atoms with E-state index in [9.17, 15) is 0 Å². The third-order valence-electron chi connectivity index (χ3n) is 9.24. The minimum Gasteiger partial charge on any atom is -0.384 e. The van der Waals surface area contributed by atoms with Crippen LogP contribution in [0.5, 0.6) is 0 Å². The number of rotatable bonds is 8. The summed E-state index contributed by atoms with van der Waals surface area (Å²) in [5.41, 5.74) is 18.8. The van der Waals surface area contributed by atoms with Crippen LogP contribution in [0.2, 0.25) is 0 Å². The molecule has 2 heterocycles. The van der Waals surface area contributed by atoms with Crippen molar-refractivity contribution in [2.75, 3.05) is 49.5 Å². The highest BCUT2D eigenvalue weighted by atomic mass is 15.2. The summed E-state index contributed by atoms with van der Waals surface area (Å²) in [7, 11) is 0. The molecule has 0 radical (unpaired) electrons. The molecule has 0 bridgehead atoms. The average molecular weight is 545 g/mol. The van der Waals surface area contributed by atoms with Gasteiger partial charge in [-0.3, -0.25) is 0 Å². The van der Waals surface area contributed by atoms with Gasteiger partial charge >= 0.3 is 0 Å². The molecule has 4 heteroatoms. The van der Waals surface area contributed by atoms with Gasteiger partial charge in [0.1, 0.15) is 0 Å². The van der Waals surface area contributed by atoms with Crippen molar-refractivity contribution in [3.8, 4) is 33.4 Å². The fourth-order valence-corrected chi connectivity index (χ4v) is 6.72. The highest BCUT2D eigenvalue weighted by molar-refractivity contribution is 5.84. The van der Waals surface area contributed by atoms with Crippen molar-refractivity contribution < 1.29 is 0 Å². The van der Waals surface area contributed by atoms with E-state index >= 15 is 0 Å². The molecule has 0 aliphatic carbocycles. The second-order valence-electron chi connectivity index (χ2n) is 12.0. The van der Waals surface area contributed by atoms with Gasteiger partial charge in [0.2, 0.25) is 0 Å². The van der Waals surface area contributed by atoms with E-state index in [0.717, 1.165) is 39.3 Å². The lowest BCUT2D eigenvalue weighted by atomic mass is 9.91. The number of hydrogen-bond donors (Lipinski definition) is 3. The average Bonchev–Trinajstić information content (AvgIpc) is 3.51. The fraction of sp³-hybridized carbons (Fsp3) is 0.351. The van der Waals surface area contributed by atoms with Crippen molar-refractivity contribution in [3.05, 3.63) is 96.1 Å². The summed E-state index contributed by atoms with van der Waals surface area (Å²) in [6.07, 6.45) is 3.73. The third kappa shape index (κ3) is 6.05. The van der Waals surface area contributed by atoms with E-state index in [1.54, 1.807) is 0 Å². The highest BCUT2D eigenvalue weighted by Crippen LogP contribution is 2.38. The molecule has 0 saturated carbocycles. The molecule has 4 aromatic rings. The Labute approximate surface area is 246 Å². The van der Waals surface area contributed by atoms with Gasteiger partial charge in [-0.1, -0.05) is 60.7 Å². The predicted octanol–water partition coefficient (Wildman–Crippen LogP) is 7.50. The van der Waals surface area contributed by atoms with E-state index in [4.69, 9.17) is 5.73 Å². The maximum absolute atomic E-state index is 6.00. The lowest BCUT2D eigenvalue weighted by molar-refractivity contribution is 0.393. The number of hydrogen-bond acceptors (Lipinski definition) is 4. The van der Waals surface area contributed by atoms with Crippen molar-refractivity contribution in [2.24, 2.45) is 17.6 Å². The Morgan fingerprint density at radius 1 is 0.780 bits per heavy atom. The Bertz CT molecular complexity index is 1470. The predicted molar refractivity (Wildman–Crippen MR) is 176 cm³/mol. The fourth-order valence-electron chi connectivity index (χ4n) is 6.72. The molecule has 4 aromatic carbocycles. The molecule has 6 rings (SSSR count). The Balaban J connectivity index is 1.36. The van der Waals surface area contributed by atoms with Crippen LogP contribution < -0.4 is 21.3 Å². The van der Waals surface area contributed by atoms with Gasteiger partial charge in [0.05, 0.1) is 0 Å². The number of benzene rings is 4. The van der Waals surface area contributed by atoms with E-state index in [-0.39, 0.29) is 0 Å². The van der Waals surface area contributed by atoms with Crippen LogP contribution in [0.3, 0.4) is 0 Å². The highest BCUT2D eigenvalue weighted by Gasteiger charge is 2.23. The van der Waals surface area contributed by atoms with Crippen LogP contribution in [0, 0.1) is 25.7 Å². The Hall–Kier alpha value is -3.60. The number of nitrogens with one attached hydrogen (secondary N) is 2. The minimum absolute atomic E-state index is 0.596. The molecule has 0 spiro atoms. The molecule has 0 amide bonds. The summed E-state index contributed by atoms with van der Waals surface area (Å²) in [6, 6.07) is 31.4. The van der Waals surface area contributed by atoms with Crippen molar-refractivity contribution in [1.29, 1.82) is 0 Å². The van der Waals surface area contributed by atoms with Gasteiger partial charge in [0.25, 0.3) is 0 Å². The summed E-state index contributed by atoms with van der Waals surface area (Å²) in [4.78, 5) is 2.52. The number of anilines is 2. The van der Waals surface area contributed by atoms with Crippen molar-refractivity contribution in [1.82, 2.24) is 5.32 Å². The van der Waals surface area contributed by atoms with E-state index in [1.807, 2.05) is 0 Å². The molecule has 212 valence electrons. The van der Waals surface area contributed by atoms with Gasteiger partial charge in [0, 0.05) is 31.0 Å². The van der Waals surface area contributed by atoms with Crippen molar-refractivity contribution in [2.45, 2.75) is 33.1 Å². The van der Waals surface area contributed by atoms with Gasteiger partial charge in [-0.25, -0.2) is 0 Å². The largest absolute Gasteiger partial charge is 0.384 e. The standard InChI is InChI=1S/C37H44N4/c1-26-35(30-10-4-3-5-11-30)20-33(21-36(26)40-24-29-9-8-17-39-23-29)31-12-6-13-32(19-31)34-14-7-15-37(27(34)2)41-18-16-28(22-38)25-41/h3-7,10-15,19-21,28-29,39-40H,8-9,16-18,22-25,38H2,1-2H3/t28-,29?/m1/s1. The van der Waals surface area contributed by atoms with E-state index < -0.39 is 0 Å². The summed E-state index contributed by atoms with van der Waals surface area (Å²) in [5.74, 6) is 1.26. The van der Waals surface area contributed by atoms with Gasteiger partial charge in [-0.05, 0) is 133 Å². The summed E-state index contributed by atoms with van der Waals surface area (Å²) >= 11 is 0. The quantitative estimate of drug-likeness (QED) is 0.215. The zero-order valence-electron chi connectivity index (χ0n) is 24.6. The first kappa shape index (κ1) is 27.6. The van der Waals surface area contributed by atoms with Crippen LogP contribution in [0.4, 0.5) is 11.4 Å². The molecule has 2 aliphatic rings. The number of piperidine rings is 1. The second kappa shape index (κ2) is 12.5. The lowest BCUT2D eigenvalue weighted by Crippen LogP contribution is -2.33. The molecular weight excluding hydrogens is 500 g/mol. The van der Waals surface area contributed by atoms with Crippen LogP contribution in [0.1, 0.15) is 30.4 Å². The molecule has 2 saturated heterocycles. The summed E-state index contributed by atoms with van der Waals surface area (Å²) in [6.45, 7) is 10.7. The number of nitrogens with two attached hydrogens (primary N) is 1. The molecule has 4 N–H and O–H groups in total. The van der Waals surface area contributed by atoms with Gasteiger partial charge < -0.3 is 21.3 Å².